The summed E-state index contributed by atoms with van der Waals surface area (Å²) in [6.07, 6.45) is 3.09. The van der Waals surface area contributed by atoms with Crippen molar-refractivity contribution in [2.75, 3.05) is 13.1 Å². The van der Waals surface area contributed by atoms with E-state index in [1.165, 1.54) is 12.3 Å². The smallest absolute Gasteiger partial charge is 0.287 e. The van der Waals surface area contributed by atoms with E-state index in [0.717, 1.165) is 5.56 Å². The lowest BCUT2D eigenvalue weighted by Crippen LogP contribution is -2.35. The fourth-order valence-electron chi connectivity index (χ4n) is 2.54. The van der Waals surface area contributed by atoms with Gasteiger partial charge in [0.05, 0.1) is 18.8 Å². The summed E-state index contributed by atoms with van der Waals surface area (Å²) < 4.78 is 4.94. The average molecular weight is 341 g/mol. The number of furan rings is 1. The zero-order valence-electron chi connectivity index (χ0n) is 13.4. The summed E-state index contributed by atoms with van der Waals surface area (Å²) in [4.78, 5) is 23.4. The minimum Gasteiger partial charge on any atom is -0.459 e. The second-order valence-electron chi connectivity index (χ2n) is 5.55. The van der Waals surface area contributed by atoms with Crippen molar-refractivity contribution in [3.8, 4) is 0 Å². The molecule has 1 aliphatic heterocycles. The Labute approximate surface area is 144 Å². The van der Waals surface area contributed by atoms with Gasteiger partial charge in [0.1, 0.15) is 0 Å². The molecule has 2 heterocycles. The highest BCUT2D eigenvalue weighted by Gasteiger charge is 2.26. The van der Waals surface area contributed by atoms with Crippen LogP contribution in [0.1, 0.15) is 22.2 Å². The van der Waals surface area contributed by atoms with Crippen molar-refractivity contribution in [2.45, 2.75) is 6.04 Å². The largest absolute Gasteiger partial charge is 0.459 e. The molecule has 1 aliphatic rings. The Hall–Kier alpha value is -2.97. The first-order valence-electron chi connectivity index (χ1n) is 7.91. The van der Waals surface area contributed by atoms with Crippen LogP contribution in [0.5, 0.6) is 0 Å². The Bertz CT molecular complexity index is 730. The van der Waals surface area contributed by atoms with Crippen LogP contribution in [0.4, 0.5) is 0 Å². The third kappa shape index (κ3) is 4.52. The number of hydrogen-bond acceptors (Lipinski definition) is 6. The van der Waals surface area contributed by atoms with E-state index in [2.05, 4.69) is 26.7 Å². The predicted molar refractivity (Wildman–Crippen MR) is 91.5 cm³/mol. The molecular formula is C17H19N5O3. The average Bonchev–Trinajstić information content (AvgIpc) is 3.32. The minimum atomic E-state index is -0.447. The number of carbonyl (C=O) groups is 2. The molecular weight excluding hydrogens is 322 g/mol. The molecule has 3 rings (SSSR count). The summed E-state index contributed by atoms with van der Waals surface area (Å²) in [6.45, 7) is 0.522. The van der Waals surface area contributed by atoms with Crippen molar-refractivity contribution in [2.24, 2.45) is 11.0 Å². The lowest BCUT2D eigenvalue weighted by molar-refractivity contribution is -0.120. The van der Waals surface area contributed by atoms with Crippen LogP contribution in [0.25, 0.3) is 0 Å². The van der Waals surface area contributed by atoms with Crippen molar-refractivity contribution in [3.63, 3.8) is 0 Å². The number of rotatable bonds is 6. The van der Waals surface area contributed by atoms with Gasteiger partial charge in [-0.15, -0.1) is 0 Å². The highest BCUT2D eigenvalue weighted by Crippen LogP contribution is 2.22. The van der Waals surface area contributed by atoms with E-state index in [1.54, 1.807) is 12.3 Å². The number of nitrogens with zero attached hydrogens (tertiary/aromatic N) is 1. The van der Waals surface area contributed by atoms with E-state index in [9.17, 15) is 9.59 Å². The van der Waals surface area contributed by atoms with Crippen LogP contribution < -0.4 is 21.6 Å². The van der Waals surface area contributed by atoms with Gasteiger partial charge in [0, 0.05) is 18.7 Å². The highest BCUT2D eigenvalue weighted by atomic mass is 16.3. The van der Waals surface area contributed by atoms with Gasteiger partial charge in [-0.05, 0) is 17.7 Å². The molecule has 1 saturated heterocycles. The predicted octanol–water partition coefficient (Wildman–Crippen LogP) is 0.577. The molecule has 0 spiro atoms. The van der Waals surface area contributed by atoms with Gasteiger partial charge < -0.3 is 9.73 Å². The molecule has 0 radical (unpaired) electrons. The van der Waals surface area contributed by atoms with Crippen molar-refractivity contribution in [3.05, 3.63) is 60.1 Å². The molecule has 1 fully saturated rings. The van der Waals surface area contributed by atoms with Crippen LogP contribution in [-0.2, 0) is 4.79 Å². The summed E-state index contributed by atoms with van der Waals surface area (Å²) in [5, 5.41) is 6.45. The number of amides is 2. The molecule has 2 unspecified atom stereocenters. The summed E-state index contributed by atoms with van der Waals surface area (Å²) in [6, 6.07) is 13.2. The lowest BCUT2D eigenvalue weighted by Gasteiger charge is -2.14. The monoisotopic (exact) mass is 341 g/mol. The molecule has 0 bridgehead atoms. The summed E-state index contributed by atoms with van der Waals surface area (Å²) in [5.74, 6) is -0.602. The normalized spacial score (nSPS) is 19.8. The third-order valence-electron chi connectivity index (χ3n) is 3.79. The fraction of sp³-hybridized carbons (Fsp3) is 0.235. The highest BCUT2D eigenvalue weighted by molar-refractivity contribution is 5.94. The van der Waals surface area contributed by atoms with Gasteiger partial charge in [0.25, 0.3) is 11.8 Å². The number of hydrazine groups is 1. The minimum absolute atomic E-state index is 0.0838. The maximum Gasteiger partial charge on any atom is 0.287 e. The molecule has 0 aliphatic carbocycles. The van der Waals surface area contributed by atoms with Crippen molar-refractivity contribution in [1.82, 2.24) is 21.6 Å². The molecule has 2 amide bonds. The summed E-state index contributed by atoms with van der Waals surface area (Å²) in [5.41, 5.74) is 9.84. The molecule has 0 saturated carbocycles. The molecule has 8 nitrogen and oxygen atoms in total. The van der Waals surface area contributed by atoms with Crippen LogP contribution in [0.3, 0.4) is 0 Å². The third-order valence-corrected chi connectivity index (χ3v) is 3.79. The van der Waals surface area contributed by atoms with Gasteiger partial charge in [-0.1, -0.05) is 30.3 Å². The zero-order valence-corrected chi connectivity index (χ0v) is 13.4. The molecule has 2 atom stereocenters. The van der Waals surface area contributed by atoms with Crippen LogP contribution in [-0.4, -0.2) is 31.1 Å². The van der Waals surface area contributed by atoms with Gasteiger partial charge >= 0.3 is 0 Å². The SMILES string of the molecule is O=C(CNC(=O)c1ccco1)N/N=C/C1CNNC1c1ccccc1. The first-order chi connectivity index (χ1) is 12.2. The fourth-order valence-corrected chi connectivity index (χ4v) is 2.54. The van der Waals surface area contributed by atoms with Crippen LogP contribution in [0.15, 0.2) is 58.2 Å². The molecule has 1 aromatic carbocycles. The molecule has 130 valence electrons. The second kappa shape index (κ2) is 8.22. The number of benzene rings is 1. The van der Waals surface area contributed by atoms with E-state index in [4.69, 9.17) is 4.42 Å². The lowest BCUT2D eigenvalue weighted by atomic mass is 9.96. The molecule has 1 aromatic heterocycles. The maximum atomic E-state index is 11.7. The van der Waals surface area contributed by atoms with E-state index < -0.39 is 11.8 Å². The summed E-state index contributed by atoms with van der Waals surface area (Å²) in [7, 11) is 0. The maximum absolute atomic E-state index is 11.7. The Balaban J connectivity index is 1.46. The van der Waals surface area contributed by atoms with Crippen molar-refractivity contribution < 1.29 is 14.0 Å². The van der Waals surface area contributed by atoms with Gasteiger partial charge in [-0.3, -0.25) is 15.0 Å². The quantitative estimate of drug-likeness (QED) is 0.454. The van der Waals surface area contributed by atoms with E-state index in [0.29, 0.717) is 6.54 Å². The van der Waals surface area contributed by atoms with Crippen molar-refractivity contribution in [1.29, 1.82) is 0 Å². The van der Waals surface area contributed by atoms with Crippen molar-refractivity contribution >= 4 is 18.0 Å². The van der Waals surface area contributed by atoms with E-state index in [1.807, 2.05) is 30.3 Å². The Morgan fingerprint density at radius 2 is 2.08 bits per heavy atom. The topological polar surface area (TPSA) is 108 Å². The number of nitrogens with one attached hydrogen (secondary N) is 4. The van der Waals surface area contributed by atoms with Gasteiger partial charge in [-0.2, -0.15) is 5.10 Å². The Morgan fingerprint density at radius 3 is 2.84 bits per heavy atom. The molecule has 2 aromatic rings. The number of hydrazone groups is 1. The molecule has 4 N–H and O–H groups in total. The first-order valence-corrected chi connectivity index (χ1v) is 7.91. The number of hydrogen-bond donors (Lipinski definition) is 4. The molecule has 8 heteroatoms. The number of carbonyl (C=O) groups excluding carboxylic acids is 2. The second-order valence-corrected chi connectivity index (χ2v) is 5.55. The van der Waals surface area contributed by atoms with Crippen LogP contribution >= 0.6 is 0 Å². The molecule has 25 heavy (non-hydrogen) atoms. The Morgan fingerprint density at radius 1 is 1.24 bits per heavy atom. The standard InChI is InChI=1S/C17H19N5O3/c23-15(11-18-17(24)14-7-4-8-25-14)21-19-9-13-10-20-22-16(13)12-5-2-1-3-6-12/h1-9,13,16,20,22H,10-11H2,(H,18,24)(H,21,23)/b19-9+. The first kappa shape index (κ1) is 16.9. The van der Waals surface area contributed by atoms with Gasteiger partial charge in [0.2, 0.25) is 0 Å². The Kier molecular flexibility index (Phi) is 5.55. The van der Waals surface area contributed by atoms with E-state index in [-0.39, 0.29) is 24.3 Å². The van der Waals surface area contributed by atoms with E-state index >= 15 is 0 Å². The van der Waals surface area contributed by atoms with Crippen LogP contribution in [0, 0.1) is 5.92 Å². The van der Waals surface area contributed by atoms with Crippen LogP contribution in [0.2, 0.25) is 0 Å². The zero-order chi connectivity index (χ0) is 17.5. The summed E-state index contributed by atoms with van der Waals surface area (Å²) >= 11 is 0. The van der Waals surface area contributed by atoms with Gasteiger partial charge in [0.15, 0.2) is 5.76 Å². The van der Waals surface area contributed by atoms with Gasteiger partial charge in [-0.25, -0.2) is 10.9 Å².